The molecule has 0 saturated heterocycles. The van der Waals surface area contributed by atoms with Crippen LogP contribution in [0.2, 0.25) is 0 Å². The van der Waals surface area contributed by atoms with E-state index < -0.39 is 0 Å². The van der Waals surface area contributed by atoms with Gasteiger partial charge in [0.05, 0.1) is 0 Å². The number of rotatable bonds is 10. The van der Waals surface area contributed by atoms with Crippen LogP contribution in [0, 0.1) is 19.8 Å². The van der Waals surface area contributed by atoms with E-state index in [9.17, 15) is 0 Å². The number of carbonyl (C=O) groups is 1. The third kappa shape index (κ3) is 28.4. The zero-order valence-electron chi connectivity index (χ0n) is 29.1. The Morgan fingerprint density at radius 3 is 1.62 bits per heavy atom. The summed E-state index contributed by atoms with van der Waals surface area (Å²) in [6.07, 6.45) is 15.9. The Balaban J connectivity index is -0.000000114. The second-order valence-corrected chi connectivity index (χ2v) is 8.13. The maximum absolute atomic E-state index is 8.00. The highest BCUT2D eigenvalue weighted by Gasteiger charge is 2.15. The molecule has 0 amide bonds. The topological polar surface area (TPSA) is 17.1 Å². The van der Waals surface area contributed by atoms with Gasteiger partial charge in [-0.15, -0.1) is 13.2 Å². The fourth-order valence-corrected chi connectivity index (χ4v) is 3.83. The zero-order valence-corrected chi connectivity index (χ0v) is 29.1. The lowest BCUT2D eigenvalue weighted by atomic mass is 9.83. The van der Waals surface area contributed by atoms with E-state index in [1.54, 1.807) is 5.57 Å². The summed E-state index contributed by atoms with van der Waals surface area (Å²) in [6.45, 7) is 41.5. The summed E-state index contributed by atoms with van der Waals surface area (Å²) in [6, 6.07) is 6.62. The predicted octanol–water partition coefficient (Wildman–Crippen LogP) is 13.2. The smallest absolute Gasteiger partial charge is 0.106 e. The first kappa shape index (κ1) is 49.5. The molecule has 0 aliphatic heterocycles. The van der Waals surface area contributed by atoms with E-state index in [2.05, 4.69) is 112 Å². The van der Waals surface area contributed by atoms with Gasteiger partial charge in [-0.1, -0.05) is 142 Å². The fourth-order valence-electron chi connectivity index (χ4n) is 3.83. The Labute approximate surface area is 248 Å². The number of hydrogen-bond acceptors (Lipinski definition) is 1. The van der Waals surface area contributed by atoms with Crippen LogP contribution in [-0.4, -0.2) is 6.79 Å². The van der Waals surface area contributed by atoms with Crippen molar-refractivity contribution < 1.29 is 4.79 Å². The van der Waals surface area contributed by atoms with Gasteiger partial charge in [0.2, 0.25) is 0 Å². The van der Waals surface area contributed by atoms with Crippen molar-refractivity contribution in [2.24, 2.45) is 5.92 Å². The molecule has 0 atom stereocenters. The molecule has 1 rings (SSSR count). The minimum Gasteiger partial charge on any atom is -0.307 e. The Kier molecular flexibility index (Phi) is 54.2. The highest BCUT2D eigenvalue weighted by molar-refractivity contribution is 5.44. The van der Waals surface area contributed by atoms with Crippen LogP contribution in [0.3, 0.4) is 0 Å². The number of hydrogen-bond donors (Lipinski definition) is 0. The van der Waals surface area contributed by atoms with Crippen molar-refractivity contribution in [3.05, 3.63) is 95.6 Å². The number of aryl methyl sites for hydroxylation is 3. The van der Waals surface area contributed by atoms with Gasteiger partial charge in [0, 0.05) is 0 Å². The lowest BCUT2D eigenvalue weighted by Gasteiger charge is -2.22. The summed E-state index contributed by atoms with van der Waals surface area (Å²) in [4.78, 5) is 8.00. The van der Waals surface area contributed by atoms with Crippen molar-refractivity contribution in [3.8, 4) is 0 Å². The van der Waals surface area contributed by atoms with Crippen LogP contribution in [-0.2, 0) is 11.2 Å². The molecule has 1 aromatic rings. The van der Waals surface area contributed by atoms with Crippen LogP contribution in [0.5, 0.6) is 0 Å². The number of benzene rings is 1. The zero-order chi connectivity index (χ0) is 32.2. The standard InChI is InChI=1S/C19H32.C10H14.3C2H6.C2H4.CH2O/c1-7-11-15-18(16(5)6)19(14-10-4)17(12-8-2)13-9-3;1-4-10-6-5-8(2)7-9(10)3;5*1-2/h7,11,14-15,17H,1,8-10,12-13H2,2-6H3;5-7H,4H2,1-3H3;3*1-2H3;1-2H2;1H2/b15-11-,19-14-;;;;;;. The average Bonchev–Trinajstić information content (AvgIpc) is 2.98. The molecule has 0 heterocycles. The number of allylic oxidation sites excluding steroid dienone is 7. The molecule has 0 spiro atoms. The Morgan fingerprint density at radius 1 is 0.846 bits per heavy atom. The third-order valence-corrected chi connectivity index (χ3v) is 5.27. The van der Waals surface area contributed by atoms with Gasteiger partial charge in [-0.25, -0.2) is 0 Å². The van der Waals surface area contributed by atoms with E-state index in [1.807, 2.05) is 54.4 Å². The van der Waals surface area contributed by atoms with Gasteiger partial charge in [0.25, 0.3) is 0 Å². The fraction of sp³-hybridized carbons (Fsp3) is 0.553. The number of carbonyl (C=O) groups excluding carboxylic acids is 1. The van der Waals surface area contributed by atoms with Crippen molar-refractivity contribution in [3.63, 3.8) is 0 Å². The van der Waals surface area contributed by atoms with Crippen molar-refractivity contribution in [2.75, 3.05) is 0 Å². The van der Waals surface area contributed by atoms with Gasteiger partial charge < -0.3 is 4.79 Å². The molecule has 0 fully saturated rings. The van der Waals surface area contributed by atoms with Crippen LogP contribution in [0.25, 0.3) is 0 Å². The van der Waals surface area contributed by atoms with Gasteiger partial charge in [-0.2, -0.15) is 0 Å². The first-order valence-corrected chi connectivity index (χ1v) is 15.4. The molecule has 0 aliphatic rings. The third-order valence-electron chi connectivity index (χ3n) is 5.27. The summed E-state index contributed by atoms with van der Waals surface area (Å²) >= 11 is 0. The molecule has 0 bridgehead atoms. The van der Waals surface area contributed by atoms with Crippen LogP contribution in [0.15, 0.2) is 79.0 Å². The van der Waals surface area contributed by atoms with Gasteiger partial charge >= 0.3 is 0 Å². The average molecular weight is 543 g/mol. The van der Waals surface area contributed by atoms with Crippen LogP contribution in [0.4, 0.5) is 0 Å². The van der Waals surface area contributed by atoms with E-state index in [1.165, 1.54) is 53.5 Å². The molecule has 1 nitrogen and oxygen atoms in total. The molecule has 0 aromatic heterocycles. The first-order valence-electron chi connectivity index (χ1n) is 15.4. The van der Waals surface area contributed by atoms with Crippen molar-refractivity contribution in [1.82, 2.24) is 0 Å². The molecular formula is C38H70O. The Bertz CT molecular complexity index is 706. The van der Waals surface area contributed by atoms with E-state index in [0.717, 1.165) is 12.8 Å². The summed E-state index contributed by atoms with van der Waals surface area (Å²) < 4.78 is 0. The normalized spacial score (nSPS) is 9.15. The van der Waals surface area contributed by atoms with Gasteiger partial charge in [0.15, 0.2) is 0 Å². The predicted molar refractivity (Wildman–Crippen MR) is 187 cm³/mol. The molecular weight excluding hydrogens is 472 g/mol. The van der Waals surface area contributed by atoms with Crippen molar-refractivity contribution in [1.29, 1.82) is 0 Å². The quantitative estimate of drug-likeness (QED) is 0.212. The lowest BCUT2D eigenvalue weighted by molar-refractivity contribution is -0.0980. The minimum absolute atomic E-state index is 0.703. The van der Waals surface area contributed by atoms with Gasteiger partial charge in [0.1, 0.15) is 6.79 Å². The van der Waals surface area contributed by atoms with Crippen molar-refractivity contribution in [2.45, 2.75) is 135 Å². The molecule has 228 valence electrons. The van der Waals surface area contributed by atoms with Crippen molar-refractivity contribution >= 4 is 6.79 Å². The van der Waals surface area contributed by atoms with E-state index >= 15 is 0 Å². The molecule has 1 aromatic carbocycles. The second kappa shape index (κ2) is 42.7. The van der Waals surface area contributed by atoms with Gasteiger partial charge in [-0.3, -0.25) is 0 Å². The molecule has 0 N–H and O–H groups in total. The molecule has 1 heteroatoms. The SMILES string of the molecule is C=C.C=C/C=C\C(=C(C)C)/C(=C\CC)C(CCC)CCC.C=O.CC.CC.CC.CCc1ccc(C)cc1C. The molecule has 39 heavy (non-hydrogen) atoms. The minimum atomic E-state index is 0.703. The second-order valence-electron chi connectivity index (χ2n) is 8.13. The molecule has 0 saturated carbocycles. The molecule has 0 aliphatic carbocycles. The maximum atomic E-state index is 8.00. The van der Waals surface area contributed by atoms with E-state index in [-0.39, 0.29) is 0 Å². The first-order chi connectivity index (χ1) is 18.9. The monoisotopic (exact) mass is 543 g/mol. The van der Waals surface area contributed by atoms with E-state index in [0.29, 0.717) is 5.92 Å². The molecule has 0 radical (unpaired) electrons. The highest BCUT2D eigenvalue weighted by atomic mass is 16.1. The van der Waals surface area contributed by atoms with Gasteiger partial charge in [-0.05, 0) is 81.6 Å². The van der Waals surface area contributed by atoms with E-state index in [4.69, 9.17) is 4.79 Å². The summed E-state index contributed by atoms with van der Waals surface area (Å²) in [7, 11) is 0. The maximum Gasteiger partial charge on any atom is 0.106 e. The molecule has 0 unspecified atom stereocenters. The van der Waals surface area contributed by atoms with Crippen LogP contribution in [0.1, 0.15) is 132 Å². The van der Waals surface area contributed by atoms with Crippen LogP contribution >= 0.6 is 0 Å². The van der Waals surface area contributed by atoms with Crippen LogP contribution < -0.4 is 0 Å². The summed E-state index contributed by atoms with van der Waals surface area (Å²) in [5, 5.41) is 0. The largest absolute Gasteiger partial charge is 0.307 e. The lowest BCUT2D eigenvalue weighted by Crippen LogP contribution is -2.07. The highest BCUT2D eigenvalue weighted by Crippen LogP contribution is 2.31. The Morgan fingerprint density at radius 2 is 1.31 bits per heavy atom. The Hall–Kier alpha value is -2.41. The summed E-state index contributed by atoms with van der Waals surface area (Å²) in [5.41, 5.74) is 8.59. The summed E-state index contributed by atoms with van der Waals surface area (Å²) in [5.74, 6) is 0.703.